The molecule has 11 aromatic rings. The Labute approximate surface area is 295 Å². The molecule has 0 unspecified atom stereocenters. The molecule has 0 aliphatic carbocycles. The fraction of sp³-hybridized carbons (Fsp3) is 0. The van der Waals surface area contributed by atoms with E-state index in [0.717, 1.165) is 0 Å². The van der Waals surface area contributed by atoms with Gasteiger partial charge in [-0.2, -0.15) is 0 Å². The molecule has 0 aliphatic rings. The molecule has 1 aromatic heterocycles. The largest absolute Gasteiger partial charge is 0.309 e. The van der Waals surface area contributed by atoms with E-state index >= 15 is 0 Å². The van der Waals surface area contributed by atoms with Crippen LogP contribution in [0.1, 0.15) is 0 Å². The Kier molecular flexibility index (Phi) is 6.02. The minimum atomic E-state index is 1.21. The average Bonchev–Trinajstić information content (AvgIpc) is 3.54. The SMILES string of the molecule is c1cc(-c2ccc3c4ccccc4c4ccccc4c3c2)cc(-c2ccc3c(c2)c2ccccc2n3-c2cc3ccccc3c3ccccc23)c1. The molecular weight excluding hydrogens is 615 g/mol. The molecule has 1 heteroatoms. The van der Waals surface area contributed by atoms with E-state index in [4.69, 9.17) is 0 Å². The normalized spacial score (nSPS) is 11.9. The number of hydrogen-bond acceptors (Lipinski definition) is 0. The van der Waals surface area contributed by atoms with Crippen LogP contribution in [-0.4, -0.2) is 4.57 Å². The monoisotopic (exact) mass is 645 g/mol. The molecule has 0 atom stereocenters. The van der Waals surface area contributed by atoms with E-state index in [0.29, 0.717) is 0 Å². The third kappa shape index (κ3) is 4.22. The van der Waals surface area contributed by atoms with Crippen LogP contribution in [0.15, 0.2) is 188 Å². The third-order valence-corrected chi connectivity index (χ3v) is 10.9. The second-order valence-electron chi connectivity index (χ2n) is 13.7. The van der Waals surface area contributed by atoms with Gasteiger partial charge in [-0.3, -0.25) is 0 Å². The van der Waals surface area contributed by atoms with Crippen LogP contribution in [0, 0.1) is 0 Å². The molecule has 1 nitrogen and oxygen atoms in total. The van der Waals surface area contributed by atoms with Crippen LogP contribution in [0.4, 0.5) is 0 Å². The number of benzene rings is 10. The van der Waals surface area contributed by atoms with Crippen LogP contribution in [-0.2, 0) is 0 Å². The molecule has 0 N–H and O–H groups in total. The molecule has 0 saturated carbocycles. The fourth-order valence-electron chi connectivity index (χ4n) is 8.60. The van der Waals surface area contributed by atoms with Gasteiger partial charge in [0.05, 0.1) is 16.7 Å². The highest BCUT2D eigenvalue weighted by Crippen LogP contribution is 2.41. The number of hydrogen-bond donors (Lipinski definition) is 0. The number of aromatic nitrogens is 1. The molecule has 10 aromatic carbocycles. The number of nitrogens with zero attached hydrogens (tertiary/aromatic N) is 1. The van der Waals surface area contributed by atoms with Gasteiger partial charge in [-0.1, -0.05) is 152 Å². The van der Waals surface area contributed by atoms with Gasteiger partial charge in [0.1, 0.15) is 0 Å². The van der Waals surface area contributed by atoms with Gasteiger partial charge in [-0.25, -0.2) is 0 Å². The zero-order valence-electron chi connectivity index (χ0n) is 27.8. The summed E-state index contributed by atoms with van der Waals surface area (Å²) in [6.45, 7) is 0. The molecule has 0 spiro atoms. The first-order valence-electron chi connectivity index (χ1n) is 17.7. The van der Waals surface area contributed by atoms with E-state index in [1.165, 1.54) is 104 Å². The van der Waals surface area contributed by atoms with Gasteiger partial charge >= 0.3 is 0 Å². The Morgan fingerprint density at radius 2 is 0.686 bits per heavy atom. The summed E-state index contributed by atoms with van der Waals surface area (Å²) in [4.78, 5) is 0. The summed E-state index contributed by atoms with van der Waals surface area (Å²) in [6.07, 6.45) is 0. The summed E-state index contributed by atoms with van der Waals surface area (Å²) < 4.78 is 2.46. The summed E-state index contributed by atoms with van der Waals surface area (Å²) in [5.41, 5.74) is 8.52. The van der Waals surface area contributed by atoms with Gasteiger partial charge < -0.3 is 4.57 Å². The first kappa shape index (κ1) is 28.2. The topological polar surface area (TPSA) is 4.93 Å². The van der Waals surface area contributed by atoms with E-state index in [-0.39, 0.29) is 0 Å². The van der Waals surface area contributed by atoms with Crippen molar-refractivity contribution >= 4 is 75.7 Å². The summed E-state index contributed by atoms with van der Waals surface area (Å²) in [7, 11) is 0. The van der Waals surface area contributed by atoms with Gasteiger partial charge in [0.15, 0.2) is 0 Å². The van der Waals surface area contributed by atoms with Crippen molar-refractivity contribution in [2.24, 2.45) is 0 Å². The molecule has 0 aliphatic heterocycles. The fourth-order valence-corrected chi connectivity index (χ4v) is 8.60. The van der Waals surface area contributed by atoms with Crippen LogP contribution < -0.4 is 0 Å². The van der Waals surface area contributed by atoms with Gasteiger partial charge in [-0.05, 0) is 107 Å². The standard InChI is InChI=1S/C50H31N/c1-2-15-37-36(12-1)31-50(44-21-8-7-16-38(37)44)51-48-23-10-9-22-45(48)47-30-35(25-27-49(47)51)33-14-11-13-32(28-33)34-24-26-43-41-19-4-3-17-39(41)40-18-5-6-20-42(40)46(43)29-34/h1-31H. The highest BCUT2D eigenvalue weighted by Gasteiger charge is 2.17. The first-order chi connectivity index (χ1) is 25.3. The summed E-state index contributed by atoms with van der Waals surface area (Å²) in [5.74, 6) is 0. The lowest BCUT2D eigenvalue weighted by atomic mass is 9.91. The summed E-state index contributed by atoms with van der Waals surface area (Å²) in [6, 6.07) is 69.3. The van der Waals surface area contributed by atoms with Crippen molar-refractivity contribution in [2.45, 2.75) is 0 Å². The van der Waals surface area contributed by atoms with Crippen molar-refractivity contribution in [3.63, 3.8) is 0 Å². The molecular formula is C50H31N. The smallest absolute Gasteiger partial charge is 0.0546 e. The molecule has 51 heavy (non-hydrogen) atoms. The van der Waals surface area contributed by atoms with Crippen LogP contribution in [0.25, 0.3) is 104 Å². The van der Waals surface area contributed by atoms with Crippen LogP contribution >= 0.6 is 0 Å². The highest BCUT2D eigenvalue weighted by molar-refractivity contribution is 6.26. The molecule has 1 heterocycles. The van der Waals surface area contributed by atoms with Crippen LogP contribution in [0.3, 0.4) is 0 Å². The Morgan fingerprint density at radius 3 is 1.37 bits per heavy atom. The maximum absolute atomic E-state index is 2.46. The van der Waals surface area contributed by atoms with E-state index in [1.807, 2.05) is 0 Å². The average molecular weight is 646 g/mol. The lowest BCUT2D eigenvalue weighted by molar-refractivity contribution is 1.20. The molecule has 0 fully saturated rings. The zero-order valence-corrected chi connectivity index (χ0v) is 27.8. The van der Waals surface area contributed by atoms with Crippen LogP contribution in [0.2, 0.25) is 0 Å². The van der Waals surface area contributed by atoms with Gasteiger partial charge in [-0.15, -0.1) is 0 Å². The Bertz CT molecular complexity index is 3160. The molecule has 11 rings (SSSR count). The van der Waals surface area contributed by atoms with E-state index in [2.05, 4.69) is 193 Å². The zero-order chi connectivity index (χ0) is 33.5. The second kappa shape index (κ2) is 10.9. The predicted molar refractivity (Wildman–Crippen MR) is 219 cm³/mol. The minimum Gasteiger partial charge on any atom is -0.309 e. The predicted octanol–water partition coefficient (Wildman–Crippen LogP) is 13.9. The quantitative estimate of drug-likeness (QED) is 0.169. The lowest BCUT2D eigenvalue weighted by Gasteiger charge is -2.14. The number of para-hydroxylation sites is 1. The van der Waals surface area contributed by atoms with Crippen molar-refractivity contribution < 1.29 is 0 Å². The Hall–Kier alpha value is -6.70. The highest BCUT2D eigenvalue weighted by atomic mass is 15.0. The maximum Gasteiger partial charge on any atom is 0.0546 e. The van der Waals surface area contributed by atoms with Crippen LogP contribution in [0.5, 0.6) is 0 Å². The minimum absolute atomic E-state index is 1.21. The van der Waals surface area contributed by atoms with Crippen molar-refractivity contribution in [3.05, 3.63) is 188 Å². The van der Waals surface area contributed by atoms with Crippen molar-refractivity contribution in [1.29, 1.82) is 0 Å². The Morgan fingerprint density at radius 1 is 0.235 bits per heavy atom. The molecule has 0 amide bonds. The molecule has 236 valence electrons. The van der Waals surface area contributed by atoms with E-state index < -0.39 is 0 Å². The summed E-state index contributed by atoms with van der Waals surface area (Å²) >= 11 is 0. The van der Waals surface area contributed by atoms with E-state index in [1.54, 1.807) is 0 Å². The van der Waals surface area contributed by atoms with Gasteiger partial charge in [0.2, 0.25) is 0 Å². The maximum atomic E-state index is 2.46. The van der Waals surface area contributed by atoms with E-state index in [9.17, 15) is 0 Å². The van der Waals surface area contributed by atoms with Crippen molar-refractivity contribution in [1.82, 2.24) is 4.57 Å². The third-order valence-electron chi connectivity index (χ3n) is 10.9. The molecule has 0 radical (unpaired) electrons. The first-order valence-corrected chi connectivity index (χ1v) is 17.7. The van der Waals surface area contributed by atoms with Crippen molar-refractivity contribution in [3.8, 4) is 27.9 Å². The number of rotatable bonds is 3. The molecule has 0 bridgehead atoms. The van der Waals surface area contributed by atoms with Crippen molar-refractivity contribution in [2.75, 3.05) is 0 Å². The number of fused-ring (bicyclic) bond motifs is 12. The van der Waals surface area contributed by atoms with Gasteiger partial charge in [0, 0.05) is 16.2 Å². The second-order valence-corrected chi connectivity index (χ2v) is 13.7. The molecule has 0 saturated heterocycles. The Balaban J connectivity index is 1.08. The summed E-state index contributed by atoms with van der Waals surface area (Å²) in [5, 5.41) is 15.4. The van der Waals surface area contributed by atoms with Gasteiger partial charge in [0.25, 0.3) is 0 Å². The lowest BCUT2D eigenvalue weighted by Crippen LogP contribution is -1.96.